The van der Waals surface area contributed by atoms with Crippen LogP contribution in [0.15, 0.2) is 35.5 Å². The van der Waals surface area contributed by atoms with Crippen molar-refractivity contribution in [1.82, 2.24) is 9.80 Å². The number of carbonyl (C=O) groups is 1. The van der Waals surface area contributed by atoms with E-state index in [-0.39, 0.29) is 0 Å². The van der Waals surface area contributed by atoms with Crippen molar-refractivity contribution >= 4 is 17.3 Å². The lowest BCUT2D eigenvalue weighted by atomic mass is 9.99. The third kappa shape index (κ3) is 4.35. The molecule has 0 bridgehead atoms. The van der Waals surface area contributed by atoms with Crippen molar-refractivity contribution < 1.29 is 4.79 Å². The fourth-order valence-corrected chi connectivity index (χ4v) is 4.07. The summed E-state index contributed by atoms with van der Waals surface area (Å²) in [6.07, 6.45) is 7.06. The monoisotopic (exact) mass is 353 g/mol. The van der Waals surface area contributed by atoms with Gasteiger partial charge in [-0.1, -0.05) is 24.3 Å². The summed E-state index contributed by atoms with van der Waals surface area (Å²) in [5.74, 6) is 1.43. The Kier molecular flexibility index (Phi) is 6.12. The number of hydrogen-bond donors (Lipinski definition) is 0. The van der Waals surface area contributed by atoms with Crippen molar-refractivity contribution in [2.24, 2.45) is 4.99 Å². The molecule has 2 aliphatic rings. The number of hydrogen-bond acceptors (Lipinski definition) is 2. The Bertz CT molecular complexity index is 699. The number of amides is 1. The van der Waals surface area contributed by atoms with Gasteiger partial charge in [-0.2, -0.15) is 0 Å². The van der Waals surface area contributed by atoms with E-state index in [0.29, 0.717) is 11.9 Å². The summed E-state index contributed by atoms with van der Waals surface area (Å²) >= 11 is 0. The topological polar surface area (TPSA) is 35.9 Å². The number of rotatable bonds is 3. The average Bonchev–Trinajstić information content (AvgIpc) is 2.67. The van der Waals surface area contributed by atoms with Gasteiger partial charge in [0.1, 0.15) is 5.84 Å². The van der Waals surface area contributed by atoms with Crippen LogP contribution >= 0.6 is 0 Å². The lowest BCUT2D eigenvalue weighted by Gasteiger charge is -2.40. The Morgan fingerprint density at radius 1 is 1.12 bits per heavy atom. The van der Waals surface area contributed by atoms with Crippen molar-refractivity contribution in [3.63, 3.8) is 0 Å². The number of amidine groups is 1. The van der Waals surface area contributed by atoms with Gasteiger partial charge in [-0.15, -0.1) is 0 Å². The van der Waals surface area contributed by atoms with Crippen molar-refractivity contribution in [2.75, 3.05) is 19.6 Å². The summed E-state index contributed by atoms with van der Waals surface area (Å²) in [4.78, 5) is 21.3. The molecule has 26 heavy (non-hydrogen) atoms. The Morgan fingerprint density at radius 2 is 1.85 bits per heavy atom. The van der Waals surface area contributed by atoms with E-state index in [2.05, 4.69) is 54.8 Å². The van der Waals surface area contributed by atoms with Crippen molar-refractivity contribution in [3.8, 4) is 0 Å². The van der Waals surface area contributed by atoms with E-state index in [1.54, 1.807) is 0 Å². The number of aryl methyl sites for hydroxylation is 1. The zero-order valence-corrected chi connectivity index (χ0v) is 16.4. The number of benzene rings is 1. The van der Waals surface area contributed by atoms with Crippen LogP contribution in [0.4, 0.5) is 0 Å². The van der Waals surface area contributed by atoms with Gasteiger partial charge >= 0.3 is 0 Å². The fraction of sp³-hybridized carbons (Fsp3) is 0.545. The highest BCUT2D eigenvalue weighted by Gasteiger charge is 2.29. The molecule has 0 radical (unpaired) electrons. The fourth-order valence-electron chi connectivity index (χ4n) is 4.07. The van der Waals surface area contributed by atoms with Gasteiger partial charge in [0.25, 0.3) is 0 Å². The van der Waals surface area contributed by atoms with E-state index < -0.39 is 0 Å². The molecular formula is C22H31N3O. The van der Waals surface area contributed by atoms with Gasteiger partial charge in [-0.3, -0.25) is 4.79 Å². The minimum atomic E-state index is 0.358. The van der Waals surface area contributed by atoms with Crippen LogP contribution in [0, 0.1) is 6.92 Å². The minimum absolute atomic E-state index is 0.358. The third-order valence-corrected chi connectivity index (χ3v) is 5.74. The van der Waals surface area contributed by atoms with Gasteiger partial charge in [0.05, 0.1) is 0 Å². The molecule has 0 aliphatic carbocycles. The zero-order chi connectivity index (χ0) is 18.5. The highest BCUT2D eigenvalue weighted by Crippen LogP contribution is 2.22. The van der Waals surface area contributed by atoms with Crippen LogP contribution < -0.4 is 0 Å². The molecule has 4 nitrogen and oxygen atoms in total. The van der Waals surface area contributed by atoms with Crippen LogP contribution in [0.2, 0.25) is 0 Å². The van der Waals surface area contributed by atoms with Crippen LogP contribution in [0.5, 0.6) is 0 Å². The molecular weight excluding hydrogens is 322 g/mol. The summed E-state index contributed by atoms with van der Waals surface area (Å²) in [5.41, 5.74) is 3.73. The Labute approximate surface area is 157 Å². The Hall–Kier alpha value is -2.10. The highest BCUT2D eigenvalue weighted by atomic mass is 16.2. The van der Waals surface area contributed by atoms with Gasteiger partial charge in [-0.05, 0) is 63.2 Å². The summed E-state index contributed by atoms with van der Waals surface area (Å²) in [7, 11) is 0. The Balaban J connectivity index is 1.58. The first-order valence-electron chi connectivity index (χ1n) is 9.88. The molecule has 2 aliphatic heterocycles. The van der Waals surface area contributed by atoms with E-state index in [1.165, 1.54) is 16.7 Å². The minimum Gasteiger partial charge on any atom is -0.360 e. The number of aliphatic imine (C=N–C) groups is 1. The summed E-state index contributed by atoms with van der Waals surface area (Å²) < 4.78 is 0. The molecule has 2 saturated heterocycles. The van der Waals surface area contributed by atoms with Gasteiger partial charge in [0, 0.05) is 38.3 Å². The molecule has 0 saturated carbocycles. The number of piperidine rings is 2. The summed E-state index contributed by atoms with van der Waals surface area (Å²) in [6, 6.07) is 8.85. The quantitative estimate of drug-likeness (QED) is 0.601. The molecule has 2 heterocycles. The van der Waals surface area contributed by atoms with E-state index in [0.717, 1.165) is 57.6 Å². The van der Waals surface area contributed by atoms with Crippen LogP contribution in [0.25, 0.3) is 5.57 Å². The van der Waals surface area contributed by atoms with E-state index in [4.69, 9.17) is 4.99 Å². The SMILES string of the molecule is CC(=N/C=C(\C)c1ccccc1C)N1CCC(N2CCCCC2=O)CC1. The standard InChI is InChI=1S/C22H31N3O/c1-17-8-4-5-9-21(17)18(2)16-23-19(3)24-14-11-20(12-15-24)25-13-7-6-10-22(25)26/h4-5,8-9,16,20H,6-7,10-15H2,1-3H3/b18-16+,23-19?. The molecule has 140 valence electrons. The second-order valence-corrected chi connectivity index (χ2v) is 7.57. The number of nitrogens with zero attached hydrogens (tertiary/aromatic N) is 3. The van der Waals surface area contributed by atoms with Crippen LogP contribution in [-0.4, -0.2) is 47.2 Å². The van der Waals surface area contributed by atoms with Gasteiger partial charge < -0.3 is 9.80 Å². The summed E-state index contributed by atoms with van der Waals surface area (Å²) in [5, 5.41) is 0. The first-order chi connectivity index (χ1) is 12.6. The van der Waals surface area contributed by atoms with Crippen LogP contribution in [0.3, 0.4) is 0 Å². The lowest BCUT2D eigenvalue weighted by molar-refractivity contribution is -0.136. The zero-order valence-electron chi connectivity index (χ0n) is 16.4. The predicted molar refractivity (Wildman–Crippen MR) is 108 cm³/mol. The maximum Gasteiger partial charge on any atom is 0.222 e. The van der Waals surface area contributed by atoms with Crippen molar-refractivity contribution in [2.45, 2.75) is 58.9 Å². The molecule has 3 rings (SSSR count). The lowest BCUT2D eigenvalue weighted by Crippen LogP contribution is -2.49. The van der Waals surface area contributed by atoms with Gasteiger partial charge in [0.15, 0.2) is 0 Å². The van der Waals surface area contributed by atoms with E-state index in [9.17, 15) is 4.79 Å². The molecule has 0 unspecified atom stereocenters. The molecule has 0 spiro atoms. The molecule has 1 aromatic rings. The molecule has 0 atom stereocenters. The maximum absolute atomic E-state index is 12.1. The Morgan fingerprint density at radius 3 is 2.54 bits per heavy atom. The average molecular weight is 354 g/mol. The second-order valence-electron chi connectivity index (χ2n) is 7.57. The first kappa shape index (κ1) is 18.7. The molecule has 4 heteroatoms. The third-order valence-electron chi connectivity index (χ3n) is 5.74. The van der Waals surface area contributed by atoms with E-state index in [1.807, 2.05) is 6.20 Å². The molecule has 1 aromatic carbocycles. The largest absolute Gasteiger partial charge is 0.360 e. The van der Waals surface area contributed by atoms with Gasteiger partial charge in [0.2, 0.25) is 5.91 Å². The molecule has 1 amide bonds. The van der Waals surface area contributed by atoms with E-state index >= 15 is 0 Å². The normalized spacial score (nSPS) is 20.7. The number of allylic oxidation sites excluding steroid dienone is 1. The predicted octanol–water partition coefficient (Wildman–Crippen LogP) is 4.25. The van der Waals surface area contributed by atoms with Crippen LogP contribution in [-0.2, 0) is 4.79 Å². The second kappa shape index (κ2) is 8.52. The van der Waals surface area contributed by atoms with Crippen LogP contribution in [0.1, 0.15) is 57.1 Å². The maximum atomic E-state index is 12.1. The highest BCUT2D eigenvalue weighted by molar-refractivity contribution is 5.81. The molecule has 2 fully saturated rings. The van der Waals surface area contributed by atoms with Crippen molar-refractivity contribution in [1.29, 1.82) is 0 Å². The summed E-state index contributed by atoms with van der Waals surface area (Å²) in [6.45, 7) is 9.27. The number of carbonyl (C=O) groups excluding carboxylic acids is 1. The smallest absolute Gasteiger partial charge is 0.222 e. The van der Waals surface area contributed by atoms with Gasteiger partial charge in [-0.25, -0.2) is 4.99 Å². The molecule has 0 N–H and O–H groups in total. The van der Waals surface area contributed by atoms with Crippen molar-refractivity contribution in [3.05, 3.63) is 41.6 Å². The number of likely N-dealkylation sites (tertiary alicyclic amines) is 2. The molecule has 0 aromatic heterocycles. The first-order valence-corrected chi connectivity index (χ1v) is 9.88.